The summed E-state index contributed by atoms with van der Waals surface area (Å²) in [6.07, 6.45) is 7.18. The molecular formula is C15H13Cl6N4S+. The zero-order valence-corrected chi connectivity index (χ0v) is 18.9. The fourth-order valence-corrected chi connectivity index (χ4v) is 3.46. The van der Waals surface area contributed by atoms with Gasteiger partial charge in [-0.3, -0.25) is 0 Å². The van der Waals surface area contributed by atoms with E-state index in [-0.39, 0.29) is 17.5 Å². The number of hydrogen-bond donors (Lipinski definition) is 0. The molecule has 0 N–H and O–H groups in total. The van der Waals surface area contributed by atoms with Crippen LogP contribution >= 0.6 is 80.9 Å². The van der Waals surface area contributed by atoms with Crippen LogP contribution < -0.4 is 4.57 Å². The van der Waals surface area contributed by atoms with Crippen LogP contribution in [0.2, 0.25) is 0 Å². The van der Waals surface area contributed by atoms with Gasteiger partial charge in [-0.2, -0.15) is 4.57 Å². The van der Waals surface area contributed by atoms with Gasteiger partial charge in [-0.25, -0.2) is 15.0 Å². The van der Waals surface area contributed by atoms with Crippen molar-refractivity contribution in [1.82, 2.24) is 15.0 Å². The Morgan fingerprint density at radius 3 is 2.00 bits per heavy atom. The Labute approximate surface area is 185 Å². The first-order chi connectivity index (χ1) is 12.0. The molecular weight excluding hydrogens is 481 g/mol. The molecule has 2 heterocycles. The molecule has 0 radical (unpaired) electrons. The monoisotopic (exact) mass is 491 g/mol. The Morgan fingerprint density at radius 2 is 1.50 bits per heavy atom. The van der Waals surface area contributed by atoms with E-state index in [1.807, 2.05) is 12.2 Å². The van der Waals surface area contributed by atoms with Crippen LogP contribution in [0.15, 0.2) is 17.5 Å². The highest BCUT2D eigenvalue weighted by Crippen LogP contribution is 2.39. The predicted molar refractivity (Wildman–Crippen MR) is 111 cm³/mol. The molecule has 0 saturated carbocycles. The standard InChI is InChI=1S/C15H13Cl6N4S/c1-3-25-9(2)8-26-11(25)7-5-4-6-10-22-12(14(16,17)18)24-13(23-10)15(19,20)21/h4-8H,3H2,1-2H3/q+1. The van der Waals surface area contributed by atoms with Gasteiger partial charge >= 0.3 is 0 Å². The minimum Gasteiger partial charge on any atom is -0.209 e. The molecule has 2 aromatic rings. The first-order valence-corrected chi connectivity index (χ1v) is 10.4. The van der Waals surface area contributed by atoms with Crippen LogP contribution in [0.4, 0.5) is 0 Å². The van der Waals surface area contributed by atoms with E-state index in [1.54, 1.807) is 23.5 Å². The first kappa shape index (κ1) is 22.2. The summed E-state index contributed by atoms with van der Waals surface area (Å²) in [5, 5.41) is 3.22. The summed E-state index contributed by atoms with van der Waals surface area (Å²) >= 11 is 36.7. The minimum atomic E-state index is -1.87. The fourth-order valence-electron chi connectivity index (χ4n) is 1.98. The molecule has 0 amide bonds. The van der Waals surface area contributed by atoms with Crippen LogP contribution in [0.1, 0.15) is 35.1 Å². The summed E-state index contributed by atoms with van der Waals surface area (Å²) in [6, 6.07) is 0. The molecule has 4 nitrogen and oxygen atoms in total. The Kier molecular flexibility index (Phi) is 7.59. The van der Waals surface area contributed by atoms with E-state index in [2.05, 4.69) is 38.7 Å². The number of halogens is 6. The summed E-state index contributed by atoms with van der Waals surface area (Å²) in [7, 11) is 0. The maximum absolute atomic E-state index is 5.84. The van der Waals surface area contributed by atoms with Crippen LogP contribution in [0.25, 0.3) is 12.2 Å². The average Bonchev–Trinajstić information content (AvgIpc) is 2.89. The van der Waals surface area contributed by atoms with Crippen molar-refractivity contribution in [1.29, 1.82) is 0 Å². The highest BCUT2D eigenvalue weighted by molar-refractivity contribution is 7.10. The van der Waals surface area contributed by atoms with E-state index in [1.165, 1.54) is 5.69 Å². The molecule has 140 valence electrons. The second-order valence-electron chi connectivity index (χ2n) is 5.01. The molecule has 26 heavy (non-hydrogen) atoms. The van der Waals surface area contributed by atoms with Gasteiger partial charge in [0, 0.05) is 13.0 Å². The number of nitrogens with zero attached hydrogens (tertiary/aromatic N) is 4. The topological polar surface area (TPSA) is 42.5 Å². The van der Waals surface area contributed by atoms with Crippen molar-refractivity contribution < 1.29 is 4.57 Å². The minimum absolute atomic E-state index is 0.125. The molecule has 2 aromatic heterocycles. The fraction of sp³-hybridized carbons (Fsp3) is 0.333. The number of alkyl halides is 6. The van der Waals surface area contributed by atoms with Crippen molar-refractivity contribution in [2.75, 3.05) is 0 Å². The summed E-state index contributed by atoms with van der Waals surface area (Å²) in [5.41, 5.74) is 1.21. The van der Waals surface area contributed by atoms with Crippen LogP contribution in [0.5, 0.6) is 0 Å². The quantitative estimate of drug-likeness (QED) is 0.301. The summed E-state index contributed by atoms with van der Waals surface area (Å²) in [4.78, 5) is 12.1. The molecule has 11 heteroatoms. The van der Waals surface area contributed by atoms with Gasteiger partial charge in [-0.15, -0.1) is 0 Å². The smallest absolute Gasteiger partial charge is 0.209 e. The number of hydrogen-bond acceptors (Lipinski definition) is 4. The summed E-state index contributed by atoms with van der Waals surface area (Å²) in [6.45, 7) is 5.05. The van der Waals surface area contributed by atoms with Gasteiger partial charge in [0.05, 0.1) is 5.38 Å². The number of aryl methyl sites for hydroxylation is 1. The third kappa shape index (κ3) is 5.93. The van der Waals surface area contributed by atoms with Crippen LogP contribution in [-0.2, 0) is 14.1 Å². The summed E-state index contributed by atoms with van der Waals surface area (Å²) in [5.74, 6) is -0.0432. The molecule has 0 saturated heterocycles. The lowest BCUT2D eigenvalue weighted by molar-refractivity contribution is -0.696. The lowest BCUT2D eigenvalue weighted by Gasteiger charge is -2.14. The third-order valence-corrected chi connectivity index (χ3v) is 5.18. The van der Waals surface area contributed by atoms with E-state index in [4.69, 9.17) is 69.6 Å². The van der Waals surface area contributed by atoms with Crippen LogP contribution in [-0.4, -0.2) is 15.0 Å². The zero-order chi connectivity index (χ0) is 19.5. The predicted octanol–water partition coefficient (Wildman–Crippen LogP) is 5.93. The van der Waals surface area contributed by atoms with Gasteiger partial charge in [0.15, 0.2) is 23.2 Å². The van der Waals surface area contributed by atoms with E-state index in [0.717, 1.165) is 11.6 Å². The van der Waals surface area contributed by atoms with Crippen molar-refractivity contribution >= 4 is 93.1 Å². The number of allylic oxidation sites excluding steroid dienone is 2. The lowest BCUT2D eigenvalue weighted by Crippen LogP contribution is -2.35. The van der Waals surface area contributed by atoms with E-state index < -0.39 is 7.59 Å². The van der Waals surface area contributed by atoms with E-state index >= 15 is 0 Å². The SMILES string of the molecule is CC[n+]1c(C)csc1C=CC=Cc1nc(C(Cl)(Cl)Cl)nc(C(Cl)(Cl)Cl)n1. The largest absolute Gasteiger partial charge is 0.261 e. The maximum Gasteiger partial charge on any atom is 0.261 e. The first-order valence-electron chi connectivity index (χ1n) is 7.25. The van der Waals surface area contributed by atoms with Gasteiger partial charge in [0.1, 0.15) is 6.54 Å². The third-order valence-electron chi connectivity index (χ3n) is 3.11. The average molecular weight is 494 g/mol. The maximum atomic E-state index is 5.84. The van der Waals surface area contributed by atoms with Crippen molar-refractivity contribution in [3.63, 3.8) is 0 Å². The van der Waals surface area contributed by atoms with Crippen LogP contribution in [0, 0.1) is 6.92 Å². The normalized spacial score (nSPS) is 13.2. The molecule has 0 aliphatic heterocycles. The van der Waals surface area contributed by atoms with E-state index in [0.29, 0.717) is 0 Å². The van der Waals surface area contributed by atoms with Gasteiger partial charge in [-0.1, -0.05) is 93.1 Å². The second kappa shape index (κ2) is 8.91. The molecule has 0 aliphatic carbocycles. The Hall–Kier alpha value is -0.140. The number of aromatic nitrogens is 4. The van der Waals surface area contributed by atoms with Gasteiger partial charge in [-0.05, 0) is 13.0 Å². The van der Waals surface area contributed by atoms with Gasteiger partial charge < -0.3 is 0 Å². The Balaban J connectivity index is 2.30. The molecule has 0 fully saturated rings. The van der Waals surface area contributed by atoms with Gasteiger partial charge in [0.2, 0.25) is 7.59 Å². The Bertz CT molecular complexity index is 803. The molecule has 0 unspecified atom stereocenters. The van der Waals surface area contributed by atoms with Crippen molar-refractivity contribution in [2.45, 2.75) is 28.0 Å². The van der Waals surface area contributed by atoms with Gasteiger partial charge in [0.25, 0.3) is 5.01 Å². The van der Waals surface area contributed by atoms with Crippen molar-refractivity contribution in [3.05, 3.63) is 45.7 Å². The molecule has 0 aliphatic rings. The van der Waals surface area contributed by atoms with Crippen LogP contribution in [0.3, 0.4) is 0 Å². The molecule has 0 bridgehead atoms. The van der Waals surface area contributed by atoms with Crippen molar-refractivity contribution in [2.24, 2.45) is 0 Å². The highest BCUT2D eigenvalue weighted by atomic mass is 35.6. The zero-order valence-electron chi connectivity index (χ0n) is 13.6. The molecule has 0 aromatic carbocycles. The molecule has 0 spiro atoms. The Morgan fingerprint density at radius 1 is 0.962 bits per heavy atom. The number of thiazole rings is 1. The second-order valence-corrected chi connectivity index (χ2v) is 10.5. The van der Waals surface area contributed by atoms with E-state index in [9.17, 15) is 0 Å². The molecule has 2 rings (SSSR count). The number of rotatable bonds is 4. The highest BCUT2D eigenvalue weighted by Gasteiger charge is 2.33. The summed E-state index contributed by atoms with van der Waals surface area (Å²) < 4.78 is -1.54. The van der Waals surface area contributed by atoms with Crippen molar-refractivity contribution in [3.8, 4) is 0 Å². The lowest BCUT2D eigenvalue weighted by atomic mass is 10.4. The molecule has 0 atom stereocenters.